The highest BCUT2D eigenvalue weighted by Crippen LogP contribution is 2.35. The van der Waals surface area contributed by atoms with Gasteiger partial charge >= 0.3 is 0 Å². The smallest absolute Gasteiger partial charge is 0.233 e. The summed E-state index contributed by atoms with van der Waals surface area (Å²) in [4.78, 5) is 50.4. The number of hydrogen-bond acceptors (Lipinski definition) is 4. The third kappa shape index (κ3) is 4.91. The minimum atomic E-state index is -0.236. The lowest BCUT2D eigenvalue weighted by Gasteiger charge is -2.15. The molecule has 2 atom stereocenters. The van der Waals surface area contributed by atoms with Gasteiger partial charge in [0.05, 0.1) is 23.2 Å². The molecule has 2 aliphatic rings. The monoisotopic (exact) mass is 397 g/mol. The Balaban J connectivity index is 1.50. The fourth-order valence-corrected chi connectivity index (χ4v) is 3.84. The molecule has 7 heteroatoms. The lowest BCUT2D eigenvalue weighted by atomic mass is 9.85. The average molecular weight is 397 g/mol. The van der Waals surface area contributed by atoms with E-state index in [1.807, 2.05) is 19.1 Å². The first kappa shape index (κ1) is 20.8. The van der Waals surface area contributed by atoms with Crippen LogP contribution in [0.3, 0.4) is 0 Å². The summed E-state index contributed by atoms with van der Waals surface area (Å²) in [5.41, 5.74) is 1.09. The summed E-state index contributed by atoms with van der Waals surface area (Å²) in [6.07, 6.45) is 6.89. The van der Waals surface area contributed by atoms with Gasteiger partial charge in [-0.1, -0.05) is 31.2 Å². The van der Waals surface area contributed by atoms with Crippen molar-refractivity contribution in [2.75, 3.05) is 17.2 Å². The molecule has 0 bridgehead atoms. The van der Waals surface area contributed by atoms with Crippen molar-refractivity contribution in [3.8, 4) is 0 Å². The van der Waals surface area contributed by atoms with Crippen LogP contribution in [0.25, 0.3) is 0 Å². The lowest BCUT2D eigenvalue weighted by molar-refractivity contribution is -0.140. The molecule has 7 nitrogen and oxygen atoms in total. The first-order valence-corrected chi connectivity index (χ1v) is 10.2. The van der Waals surface area contributed by atoms with Crippen LogP contribution in [0.1, 0.15) is 45.4 Å². The second-order valence-corrected chi connectivity index (χ2v) is 7.48. The van der Waals surface area contributed by atoms with Crippen LogP contribution in [0.15, 0.2) is 36.4 Å². The van der Waals surface area contributed by atoms with Crippen LogP contribution in [-0.2, 0) is 19.2 Å². The summed E-state index contributed by atoms with van der Waals surface area (Å²) >= 11 is 0. The molecule has 1 aliphatic heterocycles. The molecular formula is C22H27N3O4. The maximum Gasteiger partial charge on any atom is 0.233 e. The lowest BCUT2D eigenvalue weighted by Crippen LogP contribution is -2.32. The third-order valence-corrected chi connectivity index (χ3v) is 5.34. The number of allylic oxidation sites excluding steroid dienone is 2. The Morgan fingerprint density at radius 1 is 0.931 bits per heavy atom. The Morgan fingerprint density at radius 2 is 1.45 bits per heavy atom. The fourth-order valence-electron chi connectivity index (χ4n) is 3.84. The summed E-state index contributed by atoms with van der Waals surface area (Å²) in [6, 6.07) is 7.03. The fraction of sp³-hybridized carbons (Fsp3) is 0.455. The molecule has 1 aliphatic carbocycles. The quantitative estimate of drug-likeness (QED) is 0.520. The van der Waals surface area contributed by atoms with Gasteiger partial charge in [0, 0.05) is 19.4 Å². The van der Waals surface area contributed by atoms with E-state index in [1.54, 1.807) is 24.3 Å². The number of imide groups is 1. The number of nitrogens with zero attached hydrogens (tertiary/aromatic N) is 1. The molecule has 0 radical (unpaired) electrons. The number of rotatable bonds is 8. The van der Waals surface area contributed by atoms with E-state index in [1.165, 1.54) is 4.90 Å². The van der Waals surface area contributed by atoms with Gasteiger partial charge in [-0.2, -0.15) is 0 Å². The molecule has 1 aromatic carbocycles. The molecule has 0 unspecified atom stereocenters. The van der Waals surface area contributed by atoms with Crippen LogP contribution in [0, 0.1) is 11.8 Å². The van der Waals surface area contributed by atoms with Crippen molar-refractivity contribution in [3.05, 3.63) is 36.4 Å². The van der Waals surface area contributed by atoms with Crippen molar-refractivity contribution in [1.82, 2.24) is 4.90 Å². The summed E-state index contributed by atoms with van der Waals surface area (Å²) in [7, 11) is 0. The Bertz CT molecular complexity index is 807. The van der Waals surface area contributed by atoms with Gasteiger partial charge in [0.25, 0.3) is 0 Å². The van der Waals surface area contributed by atoms with Crippen molar-refractivity contribution in [3.63, 3.8) is 0 Å². The SMILES string of the molecule is CCCC(=O)Nc1ccccc1NC(=O)CCCN1C(=O)[C@H]2CC=CC[C@@H]2C1=O. The second kappa shape index (κ2) is 9.49. The topological polar surface area (TPSA) is 95.6 Å². The molecule has 1 fully saturated rings. The molecule has 29 heavy (non-hydrogen) atoms. The van der Waals surface area contributed by atoms with Gasteiger partial charge < -0.3 is 10.6 Å². The zero-order chi connectivity index (χ0) is 20.8. The Kier molecular flexibility index (Phi) is 6.80. The van der Waals surface area contributed by atoms with Gasteiger partial charge in [0.1, 0.15) is 0 Å². The number of fused-ring (bicyclic) bond motifs is 1. The van der Waals surface area contributed by atoms with Gasteiger partial charge in [-0.25, -0.2) is 0 Å². The van der Waals surface area contributed by atoms with Gasteiger partial charge in [-0.05, 0) is 37.8 Å². The molecule has 0 aromatic heterocycles. The highest BCUT2D eigenvalue weighted by atomic mass is 16.2. The summed E-state index contributed by atoms with van der Waals surface area (Å²) in [5.74, 6) is -1.03. The first-order chi connectivity index (χ1) is 14.0. The van der Waals surface area contributed by atoms with E-state index in [-0.39, 0.29) is 48.4 Å². The van der Waals surface area contributed by atoms with E-state index >= 15 is 0 Å². The molecule has 0 saturated carbocycles. The van der Waals surface area contributed by atoms with Crippen molar-refractivity contribution in [2.24, 2.45) is 11.8 Å². The predicted molar refractivity (Wildman–Crippen MR) is 110 cm³/mol. The zero-order valence-electron chi connectivity index (χ0n) is 16.6. The summed E-state index contributed by atoms with van der Waals surface area (Å²) in [6.45, 7) is 2.18. The Hall–Kier alpha value is -2.96. The normalized spacial score (nSPS) is 20.5. The Morgan fingerprint density at radius 3 is 1.97 bits per heavy atom. The minimum Gasteiger partial charge on any atom is -0.324 e. The van der Waals surface area contributed by atoms with Gasteiger partial charge in [0.2, 0.25) is 23.6 Å². The molecule has 1 saturated heterocycles. The molecule has 1 aromatic rings. The highest BCUT2D eigenvalue weighted by Gasteiger charge is 2.46. The standard InChI is InChI=1S/C22H27N3O4/c1-2-8-19(26)23-17-11-5-6-12-18(17)24-20(27)13-7-14-25-21(28)15-9-3-4-10-16(15)22(25)29/h3-6,11-12,15-16H,2,7-10,13-14H2,1H3,(H,23,26)(H,24,27)/t15-,16-/m0/s1. The van der Waals surface area contributed by atoms with Gasteiger partial charge in [-0.15, -0.1) is 0 Å². The number of anilines is 2. The van der Waals surface area contributed by atoms with E-state index < -0.39 is 0 Å². The molecule has 3 rings (SSSR count). The highest BCUT2D eigenvalue weighted by molar-refractivity contribution is 6.05. The maximum atomic E-state index is 12.4. The predicted octanol–water partition coefficient (Wildman–Crippen LogP) is 3.10. The third-order valence-electron chi connectivity index (χ3n) is 5.34. The number of carbonyl (C=O) groups is 4. The number of hydrogen-bond donors (Lipinski definition) is 2. The van der Waals surface area contributed by atoms with Gasteiger partial charge in [-0.3, -0.25) is 24.1 Å². The van der Waals surface area contributed by atoms with E-state index in [9.17, 15) is 19.2 Å². The summed E-state index contributed by atoms with van der Waals surface area (Å²) in [5, 5.41) is 5.60. The van der Waals surface area contributed by atoms with E-state index in [0.29, 0.717) is 37.1 Å². The maximum absolute atomic E-state index is 12.4. The zero-order valence-corrected chi connectivity index (χ0v) is 16.6. The number of benzene rings is 1. The van der Waals surface area contributed by atoms with Crippen LogP contribution >= 0.6 is 0 Å². The van der Waals surface area contributed by atoms with Crippen molar-refractivity contribution < 1.29 is 19.2 Å². The van der Waals surface area contributed by atoms with Crippen LogP contribution in [0.2, 0.25) is 0 Å². The van der Waals surface area contributed by atoms with Crippen LogP contribution in [-0.4, -0.2) is 35.1 Å². The molecule has 154 valence electrons. The average Bonchev–Trinajstić information content (AvgIpc) is 2.95. The number of amides is 4. The van der Waals surface area contributed by atoms with E-state index in [4.69, 9.17) is 0 Å². The molecule has 1 heterocycles. The van der Waals surface area contributed by atoms with Crippen LogP contribution in [0.4, 0.5) is 11.4 Å². The molecule has 4 amide bonds. The largest absolute Gasteiger partial charge is 0.324 e. The molecular weight excluding hydrogens is 370 g/mol. The van der Waals surface area contributed by atoms with Crippen molar-refractivity contribution in [2.45, 2.75) is 45.4 Å². The Labute approximate surface area is 170 Å². The van der Waals surface area contributed by atoms with Crippen molar-refractivity contribution in [1.29, 1.82) is 0 Å². The van der Waals surface area contributed by atoms with Crippen molar-refractivity contribution >= 4 is 35.0 Å². The number of likely N-dealkylation sites (tertiary alicyclic amines) is 1. The summed E-state index contributed by atoms with van der Waals surface area (Å²) < 4.78 is 0. The van der Waals surface area contributed by atoms with Gasteiger partial charge in [0.15, 0.2) is 0 Å². The number of carbonyl (C=O) groups excluding carboxylic acids is 4. The second-order valence-electron chi connectivity index (χ2n) is 7.48. The van der Waals surface area contributed by atoms with Crippen LogP contribution in [0.5, 0.6) is 0 Å². The molecule has 0 spiro atoms. The van der Waals surface area contributed by atoms with E-state index in [0.717, 1.165) is 6.42 Å². The minimum absolute atomic E-state index is 0.101. The number of para-hydroxylation sites is 2. The number of nitrogens with one attached hydrogen (secondary N) is 2. The van der Waals surface area contributed by atoms with E-state index in [2.05, 4.69) is 10.6 Å². The first-order valence-electron chi connectivity index (χ1n) is 10.2. The van der Waals surface area contributed by atoms with Crippen LogP contribution < -0.4 is 10.6 Å². The molecule has 2 N–H and O–H groups in total.